The third kappa shape index (κ3) is 3.26. The van der Waals surface area contributed by atoms with E-state index in [1.54, 1.807) is 6.20 Å². The molecule has 0 bridgehead atoms. The van der Waals surface area contributed by atoms with Crippen LogP contribution >= 0.6 is 11.6 Å². The molecular formula is C20H26ClN7. The van der Waals surface area contributed by atoms with Crippen molar-refractivity contribution < 1.29 is 0 Å². The van der Waals surface area contributed by atoms with E-state index in [-0.39, 0.29) is 0 Å². The van der Waals surface area contributed by atoms with Gasteiger partial charge in [0, 0.05) is 42.8 Å². The lowest BCUT2D eigenvalue weighted by molar-refractivity contribution is 0.409. The molecular weight excluding hydrogens is 374 g/mol. The number of anilines is 1. The minimum atomic E-state index is 0.320. The number of halogens is 1. The van der Waals surface area contributed by atoms with Crippen LogP contribution in [0.2, 0.25) is 5.02 Å². The lowest BCUT2D eigenvalue weighted by Gasteiger charge is -2.27. The monoisotopic (exact) mass is 399 g/mol. The second kappa shape index (κ2) is 7.04. The van der Waals surface area contributed by atoms with E-state index >= 15 is 0 Å². The van der Waals surface area contributed by atoms with Gasteiger partial charge < -0.3 is 11.1 Å². The molecule has 2 fully saturated rings. The number of rotatable bonds is 5. The van der Waals surface area contributed by atoms with E-state index < -0.39 is 0 Å². The smallest absolute Gasteiger partial charge is 0.209 e. The molecule has 0 aliphatic heterocycles. The highest BCUT2D eigenvalue weighted by atomic mass is 35.5. The van der Waals surface area contributed by atoms with Gasteiger partial charge in [-0.25, -0.2) is 9.97 Å². The first-order valence-electron chi connectivity index (χ1n) is 10.2. The van der Waals surface area contributed by atoms with Gasteiger partial charge in [0.2, 0.25) is 5.95 Å². The number of aromatic nitrogens is 5. The van der Waals surface area contributed by atoms with E-state index in [9.17, 15) is 0 Å². The molecule has 0 saturated heterocycles. The molecule has 0 atom stereocenters. The van der Waals surface area contributed by atoms with Crippen LogP contribution in [0.1, 0.15) is 44.2 Å². The van der Waals surface area contributed by atoms with E-state index in [4.69, 9.17) is 22.3 Å². The Morgan fingerprint density at radius 3 is 2.75 bits per heavy atom. The third-order valence-electron chi connectivity index (χ3n) is 6.09. The van der Waals surface area contributed by atoms with Gasteiger partial charge in [0.05, 0.1) is 6.20 Å². The first-order valence-corrected chi connectivity index (χ1v) is 10.5. The number of fused-ring (bicyclic) bond motifs is 1. The predicted molar refractivity (Wildman–Crippen MR) is 110 cm³/mol. The summed E-state index contributed by atoms with van der Waals surface area (Å²) in [6.45, 7) is 0. The highest BCUT2D eigenvalue weighted by Gasteiger charge is 2.27. The molecule has 0 spiro atoms. The molecule has 2 aliphatic carbocycles. The Kier molecular flexibility index (Phi) is 4.51. The standard InChI is InChI=1S/C20H26ClN7/c1-27-16(10-12-2-3-12)15(11-24-27)18-17(21)19-23-8-9-28(19)20(26-18)25-14-6-4-13(22)5-7-14/h8-9,11-14H,2-7,10,22H2,1H3,(H,25,26)/t13-,14-. The van der Waals surface area contributed by atoms with Crippen LogP contribution in [0.4, 0.5) is 5.95 Å². The van der Waals surface area contributed by atoms with Crippen molar-refractivity contribution in [3.63, 3.8) is 0 Å². The zero-order valence-corrected chi connectivity index (χ0v) is 16.9. The second-order valence-electron chi connectivity index (χ2n) is 8.25. The predicted octanol–water partition coefficient (Wildman–Crippen LogP) is 3.42. The molecule has 5 rings (SSSR count). The number of nitrogens with one attached hydrogen (secondary N) is 1. The number of nitrogens with zero attached hydrogens (tertiary/aromatic N) is 5. The Balaban J connectivity index is 1.55. The highest BCUT2D eigenvalue weighted by molar-refractivity contribution is 6.36. The third-order valence-corrected chi connectivity index (χ3v) is 6.44. The topological polar surface area (TPSA) is 86.1 Å². The van der Waals surface area contributed by atoms with Gasteiger partial charge in [-0.1, -0.05) is 11.6 Å². The SMILES string of the molecule is Cn1ncc(-c2nc(N[C@H]3CC[C@H](N)CC3)n3ccnc3c2Cl)c1CC1CC1. The summed E-state index contributed by atoms with van der Waals surface area (Å²) in [5, 5.41) is 8.69. The number of imidazole rings is 1. The second-order valence-corrected chi connectivity index (χ2v) is 8.63. The van der Waals surface area contributed by atoms with Crippen LogP contribution < -0.4 is 11.1 Å². The summed E-state index contributed by atoms with van der Waals surface area (Å²) < 4.78 is 3.90. The molecule has 2 aliphatic rings. The van der Waals surface area contributed by atoms with E-state index in [1.807, 2.05) is 28.5 Å². The van der Waals surface area contributed by atoms with Crippen molar-refractivity contribution in [2.24, 2.45) is 18.7 Å². The number of nitrogens with two attached hydrogens (primary N) is 1. The summed E-state index contributed by atoms with van der Waals surface area (Å²) in [6, 6.07) is 0.687. The van der Waals surface area contributed by atoms with Crippen molar-refractivity contribution in [1.82, 2.24) is 24.1 Å². The van der Waals surface area contributed by atoms with Crippen LogP contribution in [-0.2, 0) is 13.5 Å². The Hall–Kier alpha value is -2.12. The molecule has 0 unspecified atom stereocenters. The van der Waals surface area contributed by atoms with Gasteiger partial charge in [0.15, 0.2) is 5.65 Å². The molecule has 3 heterocycles. The highest BCUT2D eigenvalue weighted by Crippen LogP contribution is 2.38. The summed E-state index contributed by atoms with van der Waals surface area (Å²) in [5.41, 5.74) is 9.76. The van der Waals surface area contributed by atoms with Gasteiger partial charge in [0.25, 0.3) is 0 Å². The number of aryl methyl sites for hydroxylation is 1. The zero-order chi connectivity index (χ0) is 19.3. The van der Waals surface area contributed by atoms with Crippen molar-refractivity contribution in [1.29, 1.82) is 0 Å². The Morgan fingerprint density at radius 2 is 2.00 bits per heavy atom. The molecule has 0 aromatic carbocycles. The maximum Gasteiger partial charge on any atom is 0.209 e. The molecule has 3 aromatic heterocycles. The van der Waals surface area contributed by atoms with Gasteiger partial charge >= 0.3 is 0 Å². The lowest BCUT2D eigenvalue weighted by atomic mass is 9.92. The van der Waals surface area contributed by atoms with Crippen molar-refractivity contribution in [2.75, 3.05) is 5.32 Å². The van der Waals surface area contributed by atoms with Crippen molar-refractivity contribution in [2.45, 2.75) is 57.0 Å². The molecule has 28 heavy (non-hydrogen) atoms. The Bertz CT molecular complexity index is 996. The van der Waals surface area contributed by atoms with Crippen LogP contribution in [0.5, 0.6) is 0 Å². The average Bonchev–Trinajstić information content (AvgIpc) is 3.23. The van der Waals surface area contributed by atoms with Crippen molar-refractivity contribution in [3.8, 4) is 11.3 Å². The van der Waals surface area contributed by atoms with E-state index in [1.165, 1.54) is 18.5 Å². The summed E-state index contributed by atoms with van der Waals surface area (Å²) >= 11 is 6.76. The van der Waals surface area contributed by atoms with Gasteiger partial charge in [-0.2, -0.15) is 5.10 Å². The van der Waals surface area contributed by atoms with Crippen LogP contribution in [0, 0.1) is 5.92 Å². The average molecular weight is 400 g/mol. The van der Waals surface area contributed by atoms with E-state index in [0.717, 1.165) is 60.9 Å². The molecule has 2 saturated carbocycles. The molecule has 0 radical (unpaired) electrons. The van der Waals surface area contributed by atoms with Gasteiger partial charge in [-0.05, 0) is 50.9 Å². The van der Waals surface area contributed by atoms with Crippen molar-refractivity contribution >= 4 is 23.2 Å². The molecule has 8 heteroatoms. The lowest BCUT2D eigenvalue weighted by Crippen LogP contribution is -2.33. The van der Waals surface area contributed by atoms with Crippen LogP contribution in [0.25, 0.3) is 16.9 Å². The number of hydrogen-bond acceptors (Lipinski definition) is 5. The van der Waals surface area contributed by atoms with Crippen LogP contribution in [0.3, 0.4) is 0 Å². The van der Waals surface area contributed by atoms with Crippen LogP contribution in [-0.4, -0.2) is 36.2 Å². The van der Waals surface area contributed by atoms with Gasteiger partial charge in [0.1, 0.15) is 10.7 Å². The summed E-state index contributed by atoms with van der Waals surface area (Å²) in [5.74, 6) is 1.54. The summed E-state index contributed by atoms with van der Waals surface area (Å²) in [4.78, 5) is 9.44. The fourth-order valence-corrected chi connectivity index (χ4v) is 4.46. The minimum Gasteiger partial charge on any atom is -0.353 e. The van der Waals surface area contributed by atoms with Crippen LogP contribution in [0.15, 0.2) is 18.6 Å². The molecule has 3 aromatic rings. The Morgan fingerprint density at radius 1 is 1.21 bits per heavy atom. The molecule has 148 valence electrons. The first kappa shape index (κ1) is 17.9. The first-order chi connectivity index (χ1) is 13.6. The maximum absolute atomic E-state index is 6.76. The maximum atomic E-state index is 6.76. The van der Waals surface area contributed by atoms with Gasteiger partial charge in [-0.3, -0.25) is 9.08 Å². The fraction of sp³-hybridized carbons (Fsp3) is 0.550. The fourth-order valence-electron chi connectivity index (χ4n) is 4.18. The minimum absolute atomic E-state index is 0.320. The Labute approximate surface area is 169 Å². The number of hydrogen-bond donors (Lipinski definition) is 2. The molecule has 0 amide bonds. The largest absolute Gasteiger partial charge is 0.353 e. The van der Waals surface area contributed by atoms with Crippen molar-refractivity contribution in [3.05, 3.63) is 29.3 Å². The van der Waals surface area contributed by atoms with Gasteiger partial charge in [-0.15, -0.1) is 0 Å². The summed E-state index contributed by atoms with van der Waals surface area (Å²) in [6.07, 6.45) is 13.4. The quantitative estimate of drug-likeness (QED) is 0.686. The normalized spacial score (nSPS) is 22.7. The van der Waals surface area contributed by atoms with E-state index in [2.05, 4.69) is 15.4 Å². The molecule has 3 N–H and O–H groups in total. The van der Waals surface area contributed by atoms with E-state index in [0.29, 0.717) is 17.1 Å². The molecule has 7 nitrogen and oxygen atoms in total. The zero-order valence-electron chi connectivity index (χ0n) is 16.1. The summed E-state index contributed by atoms with van der Waals surface area (Å²) in [7, 11) is 1.99.